The molecule has 0 bridgehead atoms. The van der Waals surface area contributed by atoms with E-state index in [4.69, 9.17) is 5.14 Å². The maximum absolute atomic E-state index is 11.3. The molecular weight excluding hydrogens is 328 g/mol. The molecule has 8 heteroatoms. The van der Waals surface area contributed by atoms with Crippen LogP contribution in [-0.4, -0.2) is 26.3 Å². The first-order chi connectivity index (χ1) is 11.4. The van der Waals surface area contributed by atoms with Gasteiger partial charge in [-0.1, -0.05) is 30.3 Å². The molecular formula is C16H20N4O3S. The quantitative estimate of drug-likeness (QED) is 0.538. The fraction of sp³-hybridized carbons (Fsp3) is 0.250. The van der Waals surface area contributed by atoms with Crippen molar-refractivity contribution >= 4 is 15.7 Å². The molecule has 0 spiro atoms. The lowest BCUT2D eigenvalue weighted by atomic mass is 9.93. The molecule has 3 atom stereocenters. The van der Waals surface area contributed by atoms with Gasteiger partial charge in [0.15, 0.2) is 0 Å². The van der Waals surface area contributed by atoms with Crippen LogP contribution >= 0.6 is 0 Å². The highest BCUT2D eigenvalue weighted by Crippen LogP contribution is 2.28. The lowest BCUT2D eigenvalue weighted by Gasteiger charge is -2.21. The van der Waals surface area contributed by atoms with Crippen molar-refractivity contribution in [3.63, 3.8) is 0 Å². The van der Waals surface area contributed by atoms with Crippen LogP contribution < -0.4 is 21.3 Å². The van der Waals surface area contributed by atoms with E-state index in [-0.39, 0.29) is 16.9 Å². The molecule has 2 aromatic rings. The van der Waals surface area contributed by atoms with Crippen LogP contribution in [0.4, 0.5) is 5.69 Å². The van der Waals surface area contributed by atoms with E-state index in [2.05, 4.69) is 16.2 Å². The summed E-state index contributed by atoms with van der Waals surface area (Å²) in [7, 11) is -3.69. The van der Waals surface area contributed by atoms with E-state index in [0.29, 0.717) is 6.54 Å². The average molecular weight is 348 g/mol. The predicted molar refractivity (Wildman–Crippen MR) is 91.3 cm³/mol. The predicted octanol–water partition coefficient (Wildman–Crippen LogP) is 0.530. The Morgan fingerprint density at radius 1 is 1.04 bits per heavy atom. The smallest absolute Gasteiger partial charge is 0.238 e. The van der Waals surface area contributed by atoms with Crippen LogP contribution in [0.15, 0.2) is 59.5 Å². The number of benzene rings is 2. The van der Waals surface area contributed by atoms with Gasteiger partial charge in [0.05, 0.1) is 10.9 Å². The third-order valence-corrected chi connectivity index (χ3v) is 5.03. The first-order valence-electron chi connectivity index (χ1n) is 7.56. The summed E-state index contributed by atoms with van der Waals surface area (Å²) in [6, 6.07) is 16.0. The molecule has 128 valence electrons. The number of nitrogens with two attached hydrogens (primary N) is 1. The number of hydrazine groups is 1. The lowest BCUT2D eigenvalue weighted by Crippen LogP contribution is -2.32. The number of aliphatic hydroxyl groups excluding tert-OH is 1. The zero-order chi connectivity index (χ0) is 17.2. The van der Waals surface area contributed by atoms with Crippen molar-refractivity contribution in [1.29, 1.82) is 0 Å². The molecule has 6 N–H and O–H groups in total. The Kier molecular flexibility index (Phi) is 4.83. The van der Waals surface area contributed by atoms with Crippen molar-refractivity contribution in [2.45, 2.75) is 17.2 Å². The first-order valence-corrected chi connectivity index (χ1v) is 9.10. The average Bonchev–Trinajstić information content (AvgIpc) is 2.94. The van der Waals surface area contributed by atoms with Crippen molar-refractivity contribution in [2.75, 3.05) is 11.9 Å². The minimum absolute atomic E-state index is 0.0302. The molecule has 1 saturated heterocycles. The second kappa shape index (κ2) is 6.88. The SMILES string of the molecule is NS(=O)(=O)c1ccc(NCC2C(O)NNC2c2ccccc2)cc1. The molecule has 3 rings (SSSR count). The summed E-state index contributed by atoms with van der Waals surface area (Å²) in [6.07, 6.45) is -0.689. The Balaban J connectivity index is 1.68. The van der Waals surface area contributed by atoms with Crippen molar-refractivity contribution in [3.05, 3.63) is 60.2 Å². The second-order valence-electron chi connectivity index (χ2n) is 5.74. The second-order valence-corrected chi connectivity index (χ2v) is 7.30. The number of hydrogen-bond donors (Lipinski definition) is 5. The Morgan fingerprint density at radius 3 is 2.33 bits per heavy atom. The minimum atomic E-state index is -3.69. The van der Waals surface area contributed by atoms with E-state index in [1.165, 1.54) is 12.1 Å². The van der Waals surface area contributed by atoms with Gasteiger partial charge in [-0.25, -0.2) is 24.4 Å². The number of anilines is 1. The van der Waals surface area contributed by atoms with Crippen molar-refractivity contribution in [3.8, 4) is 0 Å². The summed E-state index contributed by atoms with van der Waals surface area (Å²) in [5.41, 5.74) is 7.79. The summed E-state index contributed by atoms with van der Waals surface area (Å²) < 4.78 is 22.5. The summed E-state index contributed by atoms with van der Waals surface area (Å²) in [6.45, 7) is 0.509. The highest BCUT2D eigenvalue weighted by atomic mass is 32.2. The van der Waals surface area contributed by atoms with Crippen LogP contribution in [0.1, 0.15) is 11.6 Å². The molecule has 0 aliphatic carbocycles. The molecule has 1 aliphatic heterocycles. The van der Waals surface area contributed by atoms with Crippen molar-refractivity contribution < 1.29 is 13.5 Å². The van der Waals surface area contributed by atoms with Gasteiger partial charge in [-0.05, 0) is 29.8 Å². The summed E-state index contributed by atoms with van der Waals surface area (Å²) in [5.74, 6) is -0.0923. The number of hydrogen-bond acceptors (Lipinski definition) is 6. The van der Waals surface area contributed by atoms with Crippen molar-refractivity contribution in [2.24, 2.45) is 11.1 Å². The van der Waals surface area contributed by atoms with E-state index in [1.54, 1.807) is 12.1 Å². The largest absolute Gasteiger partial charge is 0.385 e. The molecule has 1 fully saturated rings. The van der Waals surface area contributed by atoms with E-state index >= 15 is 0 Å². The van der Waals surface area contributed by atoms with E-state index in [1.807, 2.05) is 30.3 Å². The van der Waals surface area contributed by atoms with E-state index in [9.17, 15) is 13.5 Å². The number of sulfonamides is 1. The van der Waals surface area contributed by atoms with Crippen LogP contribution in [0.3, 0.4) is 0 Å². The van der Waals surface area contributed by atoms with Gasteiger partial charge in [0.25, 0.3) is 0 Å². The van der Waals surface area contributed by atoms with Crippen LogP contribution in [0, 0.1) is 5.92 Å². The van der Waals surface area contributed by atoms with E-state index in [0.717, 1.165) is 11.3 Å². The van der Waals surface area contributed by atoms with Crippen molar-refractivity contribution in [1.82, 2.24) is 10.9 Å². The van der Waals surface area contributed by atoms with Gasteiger partial charge in [-0.3, -0.25) is 0 Å². The summed E-state index contributed by atoms with van der Waals surface area (Å²) in [4.78, 5) is 0.0689. The van der Waals surface area contributed by atoms with Crippen LogP contribution in [0.25, 0.3) is 0 Å². The number of aliphatic hydroxyl groups is 1. The molecule has 1 aliphatic rings. The Morgan fingerprint density at radius 2 is 1.71 bits per heavy atom. The van der Waals surface area contributed by atoms with Gasteiger partial charge < -0.3 is 10.4 Å². The highest BCUT2D eigenvalue weighted by molar-refractivity contribution is 7.89. The molecule has 3 unspecified atom stereocenters. The minimum Gasteiger partial charge on any atom is -0.385 e. The van der Waals surface area contributed by atoms with Gasteiger partial charge in [-0.2, -0.15) is 0 Å². The molecule has 7 nitrogen and oxygen atoms in total. The summed E-state index contributed by atoms with van der Waals surface area (Å²) in [5, 5.41) is 18.4. The van der Waals surface area contributed by atoms with Gasteiger partial charge in [0.2, 0.25) is 10.0 Å². The Bertz CT molecular complexity index is 781. The first kappa shape index (κ1) is 16.9. The third-order valence-electron chi connectivity index (χ3n) is 4.10. The Labute approximate surface area is 140 Å². The fourth-order valence-corrected chi connectivity index (χ4v) is 3.31. The van der Waals surface area contributed by atoms with E-state index < -0.39 is 16.3 Å². The zero-order valence-corrected chi connectivity index (χ0v) is 13.7. The Hall–Kier alpha value is -1.97. The molecule has 24 heavy (non-hydrogen) atoms. The fourth-order valence-electron chi connectivity index (χ4n) is 2.79. The molecule has 0 aromatic heterocycles. The molecule has 2 aromatic carbocycles. The maximum atomic E-state index is 11.3. The zero-order valence-electron chi connectivity index (χ0n) is 12.9. The normalized spacial score (nSPS) is 24.0. The number of rotatable bonds is 5. The molecule has 0 amide bonds. The van der Waals surface area contributed by atoms with Crippen LogP contribution in [0.5, 0.6) is 0 Å². The highest BCUT2D eigenvalue weighted by Gasteiger charge is 2.35. The standard InChI is InChI=1S/C16H20N4O3S/c17-24(22,23)13-8-6-12(7-9-13)18-10-14-15(19-20-16(14)21)11-4-2-1-3-5-11/h1-9,14-16,18-21H,10H2,(H2,17,22,23). The van der Waals surface area contributed by atoms with Gasteiger partial charge in [-0.15, -0.1) is 0 Å². The molecule has 0 saturated carbocycles. The van der Waals surface area contributed by atoms with Crippen LogP contribution in [0.2, 0.25) is 0 Å². The maximum Gasteiger partial charge on any atom is 0.238 e. The van der Waals surface area contributed by atoms with Gasteiger partial charge in [0, 0.05) is 18.2 Å². The van der Waals surface area contributed by atoms with Gasteiger partial charge in [0.1, 0.15) is 6.23 Å². The molecule has 1 heterocycles. The topological polar surface area (TPSA) is 116 Å². The number of nitrogens with one attached hydrogen (secondary N) is 3. The lowest BCUT2D eigenvalue weighted by molar-refractivity contribution is 0.112. The third kappa shape index (κ3) is 3.74. The number of primary sulfonamides is 1. The summed E-state index contributed by atoms with van der Waals surface area (Å²) >= 11 is 0. The van der Waals surface area contributed by atoms with Crippen LogP contribution in [-0.2, 0) is 10.0 Å². The molecule has 0 radical (unpaired) electrons. The monoisotopic (exact) mass is 348 g/mol. The van der Waals surface area contributed by atoms with Gasteiger partial charge >= 0.3 is 0 Å².